The summed E-state index contributed by atoms with van der Waals surface area (Å²) >= 11 is 0. The van der Waals surface area contributed by atoms with Crippen LogP contribution < -0.4 is 11.1 Å². The highest BCUT2D eigenvalue weighted by atomic mass is 15.0. The summed E-state index contributed by atoms with van der Waals surface area (Å²) in [5, 5.41) is 3.36. The van der Waals surface area contributed by atoms with Gasteiger partial charge < -0.3 is 11.1 Å². The molecule has 102 valence electrons. The molecular formula is C16H28N2. The lowest BCUT2D eigenvalue weighted by atomic mass is 10.0. The second-order valence-electron chi connectivity index (χ2n) is 5.40. The van der Waals surface area contributed by atoms with E-state index in [-0.39, 0.29) is 5.54 Å². The smallest absolute Gasteiger partial charge is 0.0438 e. The van der Waals surface area contributed by atoms with Crippen LogP contribution in [0.3, 0.4) is 0 Å². The molecule has 1 aromatic rings. The van der Waals surface area contributed by atoms with E-state index in [9.17, 15) is 0 Å². The standard InChI is InChI=1S/C14H22N2.C2H6/c1-9-7-10(2)13(15)12(8-9)11(3)16-14(4,5)6;1-2/h7-8,16H,3,15H2,1-2,4-6H3;1-2H3. The number of aryl methyl sites for hydroxylation is 2. The van der Waals surface area contributed by atoms with Crippen molar-refractivity contribution in [3.8, 4) is 0 Å². The van der Waals surface area contributed by atoms with Gasteiger partial charge in [-0.05, 0) is 46.2 Å². The molecule has 0 unspecified atom stereocenters. The topological polar surface area (TPSA) is 38.0 Å². The minimum Gasteiger partial charge on any atom is -0.398 e. The third-order valence-corrected chi connectivity index (χ3v) is 2.38. The second kappa shape index (κ2) is 6.48. The molecule has 0 saturated heterocycles. The first-order valence-corrected chi connectivity index (χ1v) is 6.55. The van der Waals surface area contributed by atoms with Gasteiger partial charge in [0.15, 0.2) is 0 Å². The molecule has 1 aromatic carbocycles. The van der Waals surface area contributed by atoms with Gasteiger partial charge in [0.2, 0.25) is 0 Å². The summed E-state index contributed by atoms with van der Waals surface area (Å²) in [7, 11) is 0. The van der Waals surface area contributed by atoms with Crippen LogP contribution in [0.25, 0.3) is 5.70 Å². The molecule has 3 N–H and O–H groups in total. The summed E-state index contributed by atoms with van der Waals surface area (Å²) in [6.45, 7) is 18.5. The van der Waals surface area contributed by atoms with E-state index in [4.69, 9.17) is 5.73 Å². The second-order valence-corrected chi connectivity index (χ2v) is 5.40. The Labute approximate surface area is 112 Å². The molecule has 0 bridgehead atoms. The van der Waals surface area contributed by atoms with Crippen molar-refractivity contribution in [2.45, 2.75) is 54.0 Å². The van der Waals surface area contributed by atoms with Crippen LogP contribution in [0.1, 0.15) is 51.3 Å². The Bertz CT molecular complexity index is 412. The zero-order chi connectivity index (χ0) is 14.5. The van der Waals surface area contributed by atoms with Crippen molar-refractivity contribution < 1.29 is 0 Å². The Kier molecular flexibility index (Phi) is 5.96. The number of benzene rings is 1. The summed E-state index contributed by atoms with van der Waals surface area (Å²) in [6.07, 6.45) is 0. The molecule has 0 aromatic heterocycles. The summed E-state index contributed by atoms with van der Waals surface area (Å²) in [5.74, 6) is 0. The SMILES string of the molecule is C=C(NC(C)(C)C)c1cc(C)cc(C)c1N.CC. The first-order chi connectivity index (χ1) is 8.20. The molecule has 0 atom stereocenters. The third-order valence-electron chi connectivity index (χ3n) is 2.38. The van der Waals surface area contributed by atoms with Gasteiger partial charge in [0, 0.05) is 22.5 Å². The van der Waals surface area contributed by atoms with Crippen molar-refractivity contribution >= 4 is 11.4 Å². The van der Waals surface area contributed by atoms with Gasteiger partial charge in [0.1, 0.15) is 0 Å². The van der Waals surface area contributed by atoms with E-state index in [1.54, 1.807) is 0 Å². The zero-order valence-corrected chi connectivity index (χ0v) is 12.9. The molecule has 0 aliphatic heterocycles. The van der Waals surface area contributed by atoms with Gasteiger partial charge in [0.25, 0.3) is 0 Å². The van der Waals surface area contributed by atoms with Crippen LogP contribution in [0.15, 0.2) is 18.7 Å². The Morgan fingerprint density at radius 3 is 2.11 bits per heavy atom. The van der Waals surface area contributed by atoms with Crippen molar-refractivity contribution in [2.75, 3.05) is 5.73 Å². The maximum Gasteiger partial charge on any atom is 0.0438 e. The highest BCUT2D eigenvalue weighted by Gasteiger charge is 2.13. The van der Waals surface area contributed by atoms with Gasteiger partial charge in [-0.15, -0.1) is 0 Å². The fourth-order valence-corrected chi connectivity index (χ4v) is 1.75. The maximum absolute atomic E-state index is 6.07. The van der Waals surface area contributed by atoms with Gasteiger partial charge in [-0.1, -0.05) is 32.1 Å². The molecule has 0 fully saturated rings. The van der Waals surface area contributed by atoms with Crippen molar-refractivity contribution in [2.24, 2.45) is 0 Å². The Hall–Kier alpha value is -1.44. The summed E-state index contributed by atoms with van der Waals surface area (Å²) < 4.78 is 0. The van der Waals surface area contributed by atoms with Crippen LogP contribution >= 0.6 is 0 Å². The zero-order valence-electron chi connectivity index (χ0n) is 12.9. The van der Waals surface area contributed by atoms with Gasteiger partial charge >= 0.3 is 0 Å². The lowest BCUT2D eigenvalue weighted by Crippen LogP contribution is -2.34. The van der Waals surface area contributed by atoms with E-state index in [1.165, 1.54) is 5.56 Å². The monoisotopic (exact) mass is 248 g/mol. The van der Waals surface area contributed by atoms with Crippen LogP contribution in [-0.4, -0.2) is 5.54 Å². The Balaban J connectivity index is 0.00000137. The number of hydrogen-bond acceptors (Lipinski definition) is 2. The molecule has 0 radical (unpaired) electrons. The van der Waals surface area contributed by atoms with E-state index < -0.39 is 0 Å². The van der Waals surface area contributed by atoms with Crippen molar-refractivity contribution in [1.82, 2.24) is 5.32 Å². The predicted octanol–water partition coefficient (Wildman–Crippen LogP) is 4.27. The fourth-order valence-electron chi connectivity index (χ4n) is 1.75. The van der Waals surface area contributed by atoms with Crippen LogP contribution in [0.5, 0.6) is 0 Å². The Morgan fingerprint density at radius 2 is 1.67 bits per heavy atom. The molecular weight excluding hydrogens is 220 g/mol. The summed E-state index contributed by atoms with van der Waals surface area (Å²) in [5.41, 5.74) is 11.1. The van der Waals surface area contributed by atoms with Gasteiger partial charge in [0.05, 0.1) is 0 Å². The number of rotatable bonds is 2. The third kappa shape index (κ3) is 4.82. The highest BCUT2D eigenvalue weighted by Crippen LogP contribution is 2.25. The van der Waals surface area contributed by atoms with Gasteiger partial charge in [-0.3, -0.25) is 0 Å². The molecule has 2 heteroatoms. The number of nitrogen functional groups attached to an aromatic ring is 1. The number of nitrogens with two attached hydrogens (primary N) is 1. The number of anilines is 1. The molecule has 1 rings (SSSR count). The first kappa shape index (κ1) is 16.6. The Morgan fingerprint density at radius 1 is 1.17 bits per heavy atom. The number of hydrogen-bond donors (Lipinski definition) is 2. The van der Waals surface area contributed by atoms with E-state index >= 15 is 0 Å². The van der Waals surface area contributed by atoms with E-state index in [0.29, 0.717) is 0 Å². The highest BCUT2D eigenvalue weighted by molar-refractivity contribution is 5.75. The summed E-state index contributed by atoms with van der Waals surface area (Å²) in [6, 6.07) is 4.16. The van der Waals surface area contributed by atoms with Crippen LogP contribution in [0.2, 0.25) is 0 Å². The summed E-state index contributed by atoms with van der Waals surface area (Å²) in [4.78, 5) is 0. The minimum absolute atomic E-state index is 0.00116. The molecule has 0 aliphatic rings. The lowest BCUT2D eigenvalue weighted by molar-refractivity contribution is 0.502. The van der Waals surface area contributed by atoms with Crippen molar-refractivity contribution in [3.63, 3.8) is 0 Å². The lowest BCUT2D eigenvalue weighted by Gasteiger charge is -2.25. The molecule has 18 heavy (non-hydrogen) atoms. The van der Waals surface area contributed by atoms with E-state index in [2.05, 4.69) is 51.7 Å². The molecule has 0 aliphatic carbocycles. The molecule has 0 heterocycles. The number of nitrogens with one attached hydrogen (secondary N) is 1. The largest absolute Gasteiger partial charge is 0.398 e. The normalized spacial score (nSPS) is 10.4. The first-order valence-electron chi connectivity index (χ1n) is 6.55. The van der Waals surface area contributed by atoms with E-state index in [0.717, 1.165) is 22.5 Å². The average Bonchev–Trinajstić information content (AvgIpc) is 2.23. The van der Waals surface area contributed by atoms with Crippen LogP contribution in [-0.2, 0) is 0 Å². The molecule has 2 nitrogen and oxygen atoms in total. The fraction of sp³-hybridized carbons (Fsp3) is 0.500. The van der Waals surface area contributed by atoms with Crippen LogP contribution in [0, 0.1) is 13.8 Å². The molecule has 0 spiro atoms. The molecule has 0 amide bonds. The van der Waals surface area contributed by atoms with Gasteiger partial charge in [-0.25, -0.2) is 0 Å². The minimum atomic E-state index is 0.00116. The van der Waals surface area contributed by atoms with Gasteiger partial charge in [-0.2, -0.15) is 0 Å². The maximum atomic E-state index is 6.07. The van der Waals surface area contributed by atoms with Crippen molar-refractivity contribution in [3.05, 3.63) is 35.4 Å². The predicted molar refractivity (Wildman–Crippen MR) is 83.6 cm³/mol. The van der Waals surface area contributed by atoms with Crippen molar-refractivity contribution in [1.29, 1.82) is 0 Å². The molecule has 0 saturated carbocycles. The van der Waals surface area contributed by atoms with E-state index in [1.807, 2.05) is 20.8 Å². The quantitative estimate of drug-likeness (QED) is 0.767. The van der Waals surface area contributed by atoms with Crippen LogP contribution in [0.4, 0.5) is 5.69 Å². The average molecular weight is 248 g/mol.